The summed E-state index contributed by atoms with van der Waals surface area (Å²) in [5.41, 5.74) is 1.60. The minimum absolute atomic E-state index is 0.128. The molecule has 1 aromatic carbocycles. The van der Waals surface area contributed by atoms with Crippen LogP contribution in [0.1, 0.15) is 43.2 Å². The molecule has 2 rings (SSSR count). The van der Waals surface area contributed by atoms with Crippen LogP contribution in [0, 0.1) is 31.1 Å². The SMILES string of the molecule is Cc1ccc(C)c(S(=O)(=O)NC(C#N)C2CCCCC2)c1. The molecule has 1 aliphatic rings. The van der Waals surface area contributed by atoms with Gasteiger partial charge >= 0.3 is 0 Å². The highest BCUT2D eigenvalue weighted by molar-refractivity contribution is 7.89. The number of rotatable bonds is 4. The zero-order valence-corrected chi connectivity index (χ0v) is 13.4. The predicted molar refractivity (Wildman–Crippen MR) is 82.2 cm³/mol. The molecule has 1 aliphatic carbocycles. The fraction of sp³-hybridized carbons (Fsp3) is 0.562. The zero-order chi connectivity index (χ0) is 15.5. The van der Waals surface area contributed by atoms with Crippen molar-refractivity contribution in [2.45, 2.75) is 56.9 Å². The topological polar surface area (TPSA) is 70.0 Å². The van der Waals surface area contributed by atoms with Crippen molar-refractivity contribution in [2.24, 2.45) is 5.92 Å². The van der Waals surface area contributed by atoms with Crippen LogP contribution < -0.4 is 4.72 Å². The van der Waals surface area contributed by atoms with Gasteiger partial charge in [-0.25, -0.2) is 8.42 Å². The van der Waals surface area contributed by atoms with E-state index in [2.05, 4.69) is 10.8 Å². The Morgan fingerprint density at radius 1 is 1.24 bits per heavy atom. The lowest BCUT2D eigenvalue weighted by atomic mass is 9.85. The van der Waals surface area contributed by atoms with Gasteiger partial charge in [0.2, 0.25) is 10.0 Å². The monoisotopic (exact) mass is 306 g/mol. The van der Waals surface area contributed by atoms with Crippen LogP contribution in [0.4, 0.5) is 0 Å². The molecular formula is C16H22N2O2S. The Morgan fingerprint density at radius 2 is 1.90 bits per heavy atom. The molecular weight excluding hydrogens is 284 g/mol. The molecule has 0 amide bonds. The van der Waals surface area contributed by atoms with E-state index in [0.717, 1.165) is 31.2 Å². The molecule has 0 aliphatic heterocycles. The van der Waals surface area contributed by atoms with Gasteiger partial charge in [-0.15, -0.1) is 0 Å². The van der Waals surface area contributed by atoms with E-state index in [4.69, 9.17) is 0 Å². The molecule has 1 unspecified atom stereocenters. The van der Waals surface area contributed by atoms with Crippen LogP contribution in [0.25, 0.3) is 0 Å². The zero-order valence-electron chi connectivity index (χ0n) is 12.6. The second-order valence-corrected chi connectivity index (χ2v) is 7.58. The number of sulfonamides is 1. The second-order valence-electron chi connectivity index (χ2n) is 5.90. The quantitative estimate of drug-likeness (QED) is 0.929. The van der Waals surface area contributed by atoms with Crippen LogP contribution >= 0.6 is 0 Å². The molecule has 0 saturated heterocycles. The molecule has 1 fully saturated rings. The van der Waals surface area contributed by atoms with Crippen molar-refractivity contribution in [3.05, 3.63) is 29.3 Å². The molecule has 0 bridgehead atoms. The number of hydrogen-bond acceptors (Lipinski definition) is 3. The summed E-state index contributed by atoms with van der Waals surface area (Å²) in [7, 11) is -3.65. The first-order valence-corrected chi connectivity index (χ1v) is 8.91. The largest absolute Gasteiger partial charge is 0.242 e. The normalized spacial score (nSPS) is 18.1. The number of hydrogen-bond donors (Lipinski definition) is 1. The lowest BCUT2D eigenvalue weighted by Crippen LogP contribution is -2.40. The lowest BCUT2D eigenvalue weighted by molar-refractivity contribution is 0.324. The number of benzene rings is 1. The van der Waals surface area contributed by atoms with Crippen molar-refractivity contribution in [1.29, 1.82) is 5.26 Å². The van der Waals surface area contributed by atoms with Gasteiger partial charge < -0.3 is 0 Å². The van der Waals surface area contributed by atoms with Crippen molar-refractivity contribution < 1.29 is 8.42 Å². The van der Waals surface area contributed by atoms with E-state index in [1.165, 1.54) is 6.42 Å². The first kappa shape index (κ1) is 16.0. The minimum Gasteiger partial charge on any atom is -0.207 e. The molecule has 0 heterocycles. The maximum Gasteiger partial charge on any atom is 0.242 e. The van der Waals surface area contributed by atoms with E-state index >= 15 is 0 Å². The van der Waals surface area contributed by atoms with E-state index in [1.807, 2.05) is 13.0 Å². The van der Waals surface area contributed by atoms with Gasteiger partial charge in [0.05, 0.1) is 11.0 Å². The third kappa shape index (κ3) is 3.84. The maximum atomic E-state index is 12.6. The Labute approximate surface area is 127 Å². The van der Waals surface area contributed by atoms with Crippen LogP contribution in [0.2, 0.25) is 0 Å². The summed E-state index contributed by atoms with van der Waals surface area (Å²) < 4.78 is 27.7. The van der Waals surface area contributed by atoms with Crippen LogP contribution in [0.5, 0.6) is 0 Å². The molecule has 4 nitrogen and oxygen atoms in total. The van der Waals surface area contributed by atoms with Crippen molar-refractivity contribution in [3.63, 3.8) is 0 Å². The summed E-state index contributed by atoms with van der Waals surface area (Å²) in [5, 5.41) is 9.34. The Hall–Kier alpha value is -1.38. The Morgan fingerprint density at radius 3 is 2.52 bits per heavy atom. The first-order valence-electron chi connectivity index (χ1n) is 7.43. The summed E-state index contributed by atoms with van der Waals surface area (Å²) in [5.74, 6) is 0.128. The van der Waals surface area contributed by atoms with E-state index in [9.17, 15) is 13.7 Å². The minimum atomic E-state index is -3.65. The van der Waals surface area contributed by atoms with E-state index in [1.54, 1.807) is 19.1 Å². The molecule has 1 atom stereocenters. The number of nitrogens with one attached hydrogen (secondary N) is 1. The average molecular weight is 306 g/mol. The van der Waals surface area contributed by atoms with Gasteiger partial charge in [0.25, 0.3) is 0 Å². The van der Waals surface area contributed by atoms with Crippen LogP contribution in [0.3, 0.4) is 0 Å². The van der Waals surface area contributed by atoms with Gasteiger partial charge in [0.15, 0.2) is 0 Å². The summed E-state index contributed by atoms with van der Waals surface area (Å²) in [6, 6.07) is 6.86. The second kappa shape index (κ2) is 6.59. The summed E-state index contributed by atoms with van der Waals surface area (Å²) in [4.78, 5) is 0.276. The van der Waals surface area contributed by atoms with Crippen LogP contribution in [-0.2, 0) is 10.0 Å². The predicted octanol–water partition coefficient (Wildman–Crippen LogP) is 3.05. The third-order valence-electron chi connectivity index (χ3n) is 4.18. The van der Waals surface area contributed by atoms with Gasteiger partial charge in [-0.1, -0.05) is 31.4 Å². The van der Waals surface area contributed by atoms with Crippen molar-refractivity contribution in [1.82, 2.24) is 4.72 Å². The smallest absolute Gasteiger partial charge is 0.207 e. The average Bonchev–Trinajstić information content (AvgIpc) is 2.48. The maximum absolute atomic E-state index is 12.6. The van der Waals surface area contributed by atoms with Gasteiger partial charge in [-0.2, -0.15) is 9.98 Å². The van der Waals surface area contributed by atoms with E-state index in [-0.39, 0.29) is 10.8 Å². The molecule has 114 valence electrons. The van der Waals surface area contributed by atoms with Crippen molar-refractivity contribution >= 4 is 10.0 Å². The summed E-state index contributed by atoms with van der Waals surface area (Å²) in [6.45, 7) is 3.64. The molecule has 1 saturated carbocycles. The molecule has 1 aromatic rings. The molecule has 1 N–H and O–H groups in total. The lowest BCUT2D eigenvalue weighted by Gasteiger charge is -2.26. The van der Waals surface area contributed by atoms with Gasteiger partial charge in [-0.3, -0.25) is 0 Å². The summed E-state index contributed by atoms with van der Waals surface area (Å²) >= 11 is 0. The van der Waals surface area contributed by atoms with Crippen molar-refractivity contribution in [3.8, 4) is 6.07 Å². The van der Waals surface area contributed by atoms with Crippen molar-refractivity contribution in [2.75, 3.05) is 0 Å². The third-order valence-corrected chi connectivity index (χ3v) is 5.76. The molecule has 0 radical (unpaired) electrons. The molecule has 21 heavy (non-hydrogen) atoms. The molecule has 0 spiro atoms. The fourth-order valence-corrected chi connectivity index (χ4v) is 4.46. The fourth-order valence-electron chi connectivity index (χ4n) is 2.92. The standard InChI is InChI=1S/C16H22N2O2S/c1-12-8-9-13(2)16(10-12)21(19,20)18-15(11-17)14-6-4-3-5-7-14/h8-10,14-15,18H,3-7H2,1-2H3. The van der Waals surface area contributed by atoms with Gasteiger partial charge in [-0.05, 0) is 49.8 Å². The summed E-state index contributed by atoms with van der Waals surface area (Å²) in [6.07, 6.45) is 5.18. The van der Waals surface area contributed by atoms with Gasteiger partial charge in [0.1, 0.15) is 6.04 Å². The molecule has 5 heteroatoms. The Bertz CT molecular complexity index is 641. The number of nitrogens with zero attached hydrogens (tertiary/aromatic N) is 1. The van der Waals surface area contributed by atoms with Crippen LogP contribution in [0.15, 0.2) is 23.1 Å². The van der Waals surface area contributed by atoms with E-state index in [0.29, 0.717) is 5.56 Å². The van der Waals surface area contributed by atoms with Crippen LogP contribution in [-0.4, -0.2) is 14.5 Å². The Balaban J connectivity index is 2.23. The van der Waals surface area contributed by atoms with Gasteiger partial charge in [0, 0.05) is 0 Å². The van der Waals surface area contributed by atoms with E-state index < -0.39 is 16.1 Å². The number of nitriles is 1. The first-order chi connectivity index (χ1) is 9.94. The highest BCUT2D eigenvalue weighted by atomic mass is 32.2. The highest BCUT2D eigenvalue weighted by Crippen LogP contribution is 2.27. The Kier molecular flexibility index (Phi) is 5.02. The number of aryl methyl sites for hydroxylation is 2. The molecule has 0 aromatic heterocycles. The highest BCUT2D eigenvalue weighted by Gasteiger charge is 2.28.